The van der Waals surface area contributed by atoms with E-state index in [0.717, 1.165) is 17.8 Å². The van der Waals surface area contributed by atoms with Gasteiger partial charge in [-0.2, -0.15) is 4.98 Å². The van der Waals surface area contributed by atoms with E-state index in [1.165, 1.54) is 0 Å². The Morgan fingerprint density at radius 2 is 2.33 bits per heavy atom. The van der Waals surface area contributed by atoms with Gasteiger partial charge in [0.05, 0.1) is 0 Å². The standard InChI is InChI=1S/C12H13N5O/c13-8-1-2-9-10(7-8)18-12(17-9)16-4-3-11-14-5-6-15-11/h1-2,5-7H,3-4,13H2,(H,14,15)(H,16,17). The Morgan fingerprint density at radius 1 is 1.39 bits per heavy atom. The molecule has 92 valence electrons. The second kappa shape index (κ2) is 4.40. The van der Waals surface area contributed by atoms with E-state index in [1.54, 1.807) is 24.5 Å². The molecule has 0 radical (unpaired) electrons. The number of hydrogen-bond acceptors (Lipinski definition) is 5. The van der Waals surface area contributed by atoms with Crippen LogP contribution in [0.1, 0.15) is 5.82 Å². The summed E-state index contributed by atoms with van der Waals surface area (Å²) in [4.78, 5) is 11.5. The number of oxazole rings is 1. The Hall–Kier alpha value is -2.50. The van der Waals surface area contributed by atoms with Crippen LogP contribution in [0.2, 0.25) is 0 Å². The number of benzene rings is 1. The van der Waals surface area contributed by atoms with Crippen LogP contribution in [0.5, 0.6) is 0 Å². The molecule has 2 aromatic heterocycles. The molecular weight excluding hydrogens is 230 g/mol. The fourth-order valence-electron chi connectivity index (χ4n) is 1.74. The van der Waals surface area contributed by atoms with E-state index in [2.05, 4.69) is 20.3 Å². The Kier molecular flexibility index (Phi) is 2.60. The number of nitrogen functional groups attached to an aromatic ring is 1. The number of nitrogens with one attached hydrogen (secondary N) is 2. The van der Waals surface area contributed by atoms with Crippen molar-refractivity contribution in [2.24, 2.45) is 0 Å². The zero-order valence-corrected chi connectivity index (χ0v) is 9.68. The van der Waals surface area contributed by atoms with Gasteiger partial charge < -0.3 is 20.5 Å². The van der Waals surface area contributed by atoms with Gasteiger partial charge in [0.1, 0.15) is 11.3 Å². The molecule has 6 heteroatoms. The molecule has 6 nitrogen and oxygen atoms in total. The Bertz CT molecular complexity index is 644. The van der Waals surface area contributed by atoms with Crippen molar-refractivity contribution >= 4 is 22.8 Å². The average molecular weight is 243 g/mol. The number of nitrogens with two attached hydrogens (primary N) is 1. The first-order valence-corrected chi connectivity index (χ1v) is 5.69. The van der Waals surface area contributed by atoms with Crippen LogP contribution < -0.4 is 11.1 Å². The molecular formula is C12H13N5O. The minimum atomic E-state index is 0.502. The molecule has 0 aliphatic carbocycles. The minimum absolute atomic E-state index is 0.502. The largest absolute Gasteiger partial charge is 0.423 e. The summed E-state index contributed by atoms with van der Waals surface area (Å²) in [5, 5.41) is 3.11. The van der Waals surface area contributed by atoms with E-state index < -0.39 is 0 Å². The summed E-state index contributed by atoms with van der Waals surface area (Å²) in [6.07, 6.45) is 4.32. The number of aromatic nitrogens is 3. The molecule has 0 saturated carbocycles. The lowest BCUT2D eigenvalue weighted by Gasteiger charge is -1.98. The summed E-state index contributed by atoms with van der Waals surface area (Å²) >= 11 is 0. The number of nitrogens with zero attached hydrogens (tertiary/aromatic N) is 2. The fourth-order valence-corrected chi connectivity index (χ4v) is 1.74. The summed E-state index contributed by atoms with van der Waals surface area (Å²) in [6.45, 7) is 0.704. The number of rotatable bonds is 4. The lowest BCUT2D eigenvalue weighted by atomic mass is 10.3. The summed E-state index contributed by atoms with van der Waals surface area (Å²) in [6, 6.07) is 5.91. The zero-order chi connectivity index (χ0) is 12.4. The Labute approximate surface area is 103 Å². The molecule has 0 aliphatic heterocycles. The third-order valence-corrected chi connectivity index (χ3v) is 2.61. The molecule has 0 spiro atoms. The topological polar surface area (TPSA) is 92.8 Å². The number of fused-ring (bicyclic) bond motifs is 1. The smallest absolute Gasteiger partial charge is 0.295 e. The van der Waals surface area contributed by atoms with E-state index in [0.29, 0.717) is 23.8 Å². The molecule has 2 heterocycles. The van der Waals surface area contributed by atoms with Gasteiger partial charge in [-0.15, -0.1) is 0 Å². The van der Waals surface area contributed by atoms with Crippen molar-refractivity contribution in [2.75, 3.05) is 17.6 Å². The van der Waals surface area contributed by atoms with Crippen LogP contribution in [0.3, 0.4) is 0 Å². The first-order valence-electron chi connectivity index (χ1n) is 5.69. The maximum absolute atomic E-state index is 5.68. The van der Waals surface area contributed by atoms with Crippen LogP contribution in [-0.2, 0) is 6.42 Å². The molecule has 0 unspecified atom stereocenters. The quantitative estimate of drug-likeness (QED) is 0.607. The van der Waals surface area contributed by atoms with Gasteiger partial charge in [0, 0.05) is 37.1 Å². The van der Waals surface area contributed by atoms with Crippen LogP contribution in [0.4, 0.5) is 11.7 Å². The van der Waals surface area contributed by atoms with Crippen LogP contribution in [-0.4, -0.2) is 21.5 Å². The molecule has 0 bridgehead atoms. The molecule has 4 N–H and O–H groups in total. The van der Waals surface area contributed by atoms with Gasteiger partial charge in [0.15, 0.2) is 5.58 Å². The highest BCUT2D eigenvalue weighted by Crippen LogP contribution is 2.20. The predicted molar refractivity (Wildman–Crippen MR) is 69.2 cm³/mol. The third-order valence-electron chi connectivity index (χ3n) is 2.61. The molecule has 3 rings (SSSR count). The van der Waals surface area contributed by atoms with Gasteiger partial charge in [-0.05, 0) is 12.1 Å². The van der Waals surface area contributed by atoms with Gasteiger partial charge in [-0.1, -0.05) is 0 Å². The number of imidazole rings is 1. The van der Waals surface area contributed by atoms with Crippen molar-refractivity contribution in [1.82, 2.24) is 15.0 Å². The summed E-state index contributed by atoms with van der Waals surface area (Å²) in [5.74, 6) is 0.933. The Morgan fingerprint density at radius 3 is 3.17 bits per heavy atom. The maximum Gasteiger partial charge on any atom is 0.295 e. The van der Waals surface area contributed by atoms with Gasteiger partial charge >= 0.3 is 0 Å². The minimum Gasteiger partial charge on any atom is -0.423 e. The van der Waals surface area contributed by atoms with E-state index in [1.807, 2.05) is 6.07 Å². The zero-order valence-electron chi connectivity index (χ0n) is 9.68. The maximum atomic E-state index is 5.68. The van der Waals surface area contributed by atoms with E-state index in [9.17, 15) is 0 Å². The molecule has 0 saturated heterocycles. The second-order valence-electron chi connectivity index (χ2n) is 3.96. The van der Waals surface area contributed by atoms with E-state index in [-0.39, 0.29) is 0 Å². The van der Waals surface area contributed by atoms with Crippen molar-refractivity contribution in [2.45, 2.75) is 6.42 Å². The summed E-state index contributed by atoms with van der Waals surface area (Å²) in [7, 11) is 0. The molecule has 0 aliphatic rings. The van der Waals surface area contributed by atoms with Crippen LogP contribution in [0, 0.1) is 0 Å². The SMILES string of the molecule is Nc1ccc2nc(NCCc3ncc[nH]3)oc2c1. The highest BCUT2D eigenvalue weighted by Gasteiger charge is 2.05. The van der Waals surface area contributed by atoms with E-state index >= 15 is 0 Å². The predicted octanol–water partition coefficient (Wildman–Crippen LogP) is 1.79. The average Bonchev–Trinajstić information content (AvgIpc) is 2.97. The normalized spacial score (nSPS) is 10.9. The number of anilines is 2. The number of aromatic amines is 1. The van der Waals surface area contributed by atoms with Gasteiger partial charge in [0.2, 0.25) is 0 Å². The van der Waals surface area contributed by atoms with Crippen molar-refractivity contribution in [3.05, 3.63) is 36.4 Å². The fraction of sp³-hybridized carbons (Fsp3) is 0.167. The summed E-state index contributed by atoms with van der Waals surface area (Å²) < 4.78 is 5.54. The first kappa shape index (κ1) is 10.6. The molecule has 18 heavy (non-hydrogen) atoms. The molecule has 3 aromatic rings. The highest BCUT2D eigenvalue weighted by atomic mass is 16.4. The van der Waals surface area contributed by atoms with Gasteiger partial charge in [-0.25, -0.2) is 4.98 Å². The van der Waals surface area contributed by atoms with Crippen molar-refractivity contribution in [3.63, 3.8) is 0 Å². The van der Waals surface area contributed by atoms with Crippen LogP contribution in [0.25, 0.3) is 11.1 Å². The third kappa shape index (κ3) is 2.13. The number of H-pyrrole nitrogens is 1. The lowest BCUT2D eigenvalue weighted by Crippen LogP contribution is -2.05. The molecule has 0 atom stereocenters. The summed E-state index contributed by atoms with van der Waals surface area (Å²) in [5.41, 5.74) is 7.83. The highest BCUT2D eigenvalue weighted by molar-refractivity contribution is 5.78. The lowest BCUT2D eigenvalue weighted by molar-refractivity contribution is 0.614. The van der Waals surface area contributed by atoms with Crippen LogP contribution in [0.15, 0.2) is 35.0 Å². The van der Waals surface area contributed by atoms with Crippen LogP contribution >= 0.6 is 0 Å². The van der Waals surface area contributed by atoms with Crippen molar-refractivity contribution in [1.29, 1.82) is 0 Å². The van der Waals surface area contributed by atoms with Gasteiger partial charge in [0.25, 0.3) is 6.01 Å². The first-order chi connectivity index (χ1) is 8.81. The Balaban J connectivity index is 1.67. The number of hydrogen-bond donors (Lipinski definition) is 3. The van der Waals surface area contributed by atoms with Crippen molar-refractivity contribution < 1.29 is 4.42 Å². The molecule has 0 amide bonds. The van der Waals surface area contributed by atoms with Crippen molar-refractivity contribution in [3.8, 4) is 0 Å². The van der Waals surface area contributed by atoms with E-state index in [4.69, 9.17) is 10.2 Å². The molecule has 0 fully saturated rings. The molecule has 1 aromatic carbocycles. The van der Waals surface area contributed by atoms with Gasteiger partial charge in [-0.3, -0.25) is 0 Å². The second-order valence-corrected chi connectivity index (χ2v) is 3.96. The monoisotopic (exact) mass is 243 g/mol.